The van der Waals surface area contributed by atoms with E-state index in [2.05, 4.69) is 10.3 Å². The van der Waals surface area contributed by atoms with Crippen molar-refractivity contribution in [1.29, 1.82) is 0 Å². The summed E-state index contributed by atoms with van der Waals surface area (Å²) in [7, 11) is 4.31. The Morgan fingerprint density at radius 2 is 2.04 bits per heavy atom. The van der Waals surface area contributed by atoms with Gasteiger partial charge < -0.3 is 10.1 Å². The first-order valence-corrected chi connectivity index (χ1v) is 9.86. The van der Waals surface area contributed by atoms with Crippen LogP contribution < -0.4 is 5.32 Å². The number of esters is 1. The highest BCUT2D eigenvalue weighted by atomic mass is 33.1. The lowest BCUT2D eigenvalue weighted by Gasteiger charge is -2.31. The maximum atomic E-state index is 12.0. The lowest BCUT2D eigenvalue weighted by molar-refractivity contribution is -0.145. The number of amides is 1. The number of fused-ring (bicyclic) bond motifs is 1. The number of carbonyl (C=O) groups excluding carboxylic acids is 2. The number of nitrogens with one attached hydrogen (secondary N) is 1. The predicted molar refractivity (Wildman–Crippen MR) is 96.8 cm³/mol. The molecule has 1 aromatic carbocycles. The first-order valence-electron chi connectivity index (χ1n) is 6.89. The summed E-state index contributed by atoms with van der Waals surface area (Å²) in [6.45, 7) is 5.18. The molecule has 1 heterocycles. The van der Waals surface area contributed by atoms with Gasteiger partial charge in [0.1, 0.15) is 6.04 Å². The Bertz CT molecular complexity index is 682. The standard InChI is InChI=1S/C15H18N2O3S3/c1-9(18)16-12(13(19)20-4)15(2,3)23-22-14-17-10-7-5-6-8-11(10)21-14/h5-8,12H,1-4H3,(H,16,18). The molecule has 1 N–H and O–H groups in total. The highest BCUT2D eigenvalue weighted by Crippen LogP contribution is 2.45. The number of hydrogen-bond donors (Lipinski definition) is 1. The Balaban J connectivity index is 2.11. The van der Waals surface area contributed by atoms with Crippen LogP contribution in [0.25, 0.3) is 10.2 Å². The molecule has 0 bridgehead atoms. The van der Waals surface area contributed by atoms with E-state index in [4.69, 9.17) is 4.74 Å². The highest BCUT2D eigenvalue weighted by Gasteiger charge is 2.38. The van der Waals surface area contributed by atoms with Crippen molar-refractivity contribution in [2.75, 3.05) is 7.11 Å². The number of benzene rings is 1. The lowest BCUT2D eigenvalue weighted by atomic mass is 10.0. The molecular formula is C15H18N2O3S3. The minimum atomic E-state index is -0.725. The first-order chi connectivity index (χ1) is 10.8. The van der Waals surface area contributed by atoms with Gasteiger partial charge in [0, 0.05) is 6.92 Å². The van der Waals surface area contributed by atoms with Crippen molar-refractivity contribution < 1.29 is 14.3 Å². The SMILES string of the molecule is COC(=O)C(NC(C)=O)C(C)(C)SSc1nc2ccccc2s1. The van der Waals surface area contributed by atoms with Gasteiger partial charge in [-0.3, -0.25) is 4.79 Å². The molecule has 1 amide bonds. The van der Waals surface area contributed by atoms with Crippen molar-refractivity contribution in [2.45, 2.75) is 35.9 Å². The van der Waals surface area contributed by atoms with Crippen molar-refractivity contribution in [2.24, 2.45) is 0 Å². The highest BCUT2D eigenvalue weighted by molar-refractivity contribution is 8.77. The fraction of sp³-hybridized carbons (Fsp3) is 0.400. The van der Waals surface area contributed by atoms with E-state index < -0.39 is 16.8 Å². The summed E-state index contributed by atoms with van der Waals surface area (Å²) in [5.74, 6) is -0.721. The van der Waals surface area contributed by atoms with Crippen molar-refractivity contribution in [3.05, 3.63) is 24.3 Å². The van der Waals surface area contributed by atoms with Crippen molar-refractivity contribution in [1.82, 2.24) is 10.3 Å². The molecule has 0 saturated carbocycles. The molecule has 0 spiro atoms. The molecule has 1 aromatic heterocycles. The van der Waals surface area contributed by atoms with E-state index in [9.17, 15) is 9.59 Å². The van der Waals surface area contributed by atoms with Crippen LogP contribution in [0.1, 0.15) is 20.8 Å². The number of methoxy groups -OCH3 is 1. The lowest BCUT2D eigenvalue weighted by Crippen LogP contribution is -2.52. The summed E-state index contributed by atoms with van der Waals surface area (Å²) in [6.07, 6.45) is 0. The van der Waals surface area contributed by atoms with E-state index in [1.807, 2.05) is 38.1 Å². The van der Waals surface area contributed by atoms with Gasteiger partial charge in [-0.05, 0) is 36.8 Å². The third-order valence-corrected chi connectivity index (χ3v) is 7.72. The first kappa shape index (κ1) is 18.1. The molecule has 23 heavy (non-hydrogen) atoms. The van der Waals surface area contributed by atoms with Crippen LogP contribution in [-0.4, -0.2) is 34.8 Å². The fourth-order valence-corrected chi connectivity index (χ4v) is 5.56. The molecule has 124 valence electrons. The smallest absolute Gasteiger partial charge is 0.329 e. The summed E-state index contributed by atoms with van der Waals surface area (Å²) < 4.78 is 6.29. The van der Waals surface area contributed by atoms with Gasteiger partial charge in [0.15, 0.2) is 4.34 Å². The largest absolute Gasteiger partial charge is 0.467 e. The van der Waals surface area contributed by atoms with Crippen LogP contribution in [0.3, 0.4) is 0 Å². The Labute approximate surface area is 147 Å². The predicted octanol–water partition coefficient (Wildman–Crippen LogP) is 3.49. The Hall–Kier alpha value is -1.25. The van der Waals surface area contributed by atoms with Crippen LogP contribution in [0, 0.1) is 0 Å². The Morgan fingerprint density at radius 3 is 2.65 bits per heavy atom. The zero-order valence-electron chi connectivity index (χ0n) is 13.3. The fourth-order valence-electron chi connectivity index (χ4n) is 1.92. The van der Waals surface area contributed by atoms with Gasteiger partial charge in [0.05, 0.1) is 22.1 Å². The van der Waals surface area contributed by atoms with Crippen molar-refractivity contribution in [3.63, 3.8) is 0 Å². The van der Waals surface area contributed by atoms with Crippen LogP contribution in [-0.2, 0) is 14.3 Å². The number of nitrogens with zero attached hydrogens (tertiary/aromatic N) is 1. The van der Waals surface area contributed by atoms with Gasteiger partial charge in [-0.25, -0.2) is 9.78 Å². The van der Waals surface area contributed by atoms with Crippen LogP contribution in [0.5, 0.6) is 0 Å². The van der Waals surface area contributed by atoms with E-state index in [0.29, 0.717) is 0 Å². The third-order valence-electron chi connectivity index (χ3n) is 3.08. The van der Waals surface area contributed by atoms with Crippen LogP contribution in [0.2, 0.25) is 0 Å². The average Bonchev–Trinajstić information content (AvgIpc) is 2.92. The van der Waals surface area contributed by atoms with E-state index in [1.54, 1.807) is 11.3 Å². The molecule has 2 rings (SSSR count). The quantitative estimate of drug-likeness (QED) is 0.620. The molecule has 8 heteroatoms. The van der Waals surface area contributed by atoms with Crippen molar-refractivity contribution >= 4 is 55.0 Å². The molecule has 0 aliphatic rings. The minimum absolute atomic E-state index is 0.265. The van der Waals surface area contributed by atoms with Gasteiger partial charge >= 0.3 is 5.97 Å². The zero-order chi connectivity index (χ0) is 17.0. The maximum absolute atomic E-state index is 12.0. The van der Waals surface area contributed by atoms with E-state index in [0.717, 1.165) is 14.6 Å². The van der Waals surface area contributed by atoms with Crippen LogP contribution in [0.15, 0.2) is 28.6 Å². The number of ether oxygens (including phenoxy) is 1. The third kappa shape index (κ3) is 4.62. The molecule has 0 aliphatic heterocycles. The summed E-state index contributed by atoms with van der Waals surface area (Å²) in [6, 6.07) is 7.21. The molecule has 0 fully saturated rings. The molecular weight excluding hydrogens is 352 g/mol. The normalized spacial score (nSPS) is 12.9. The molecule has 5 nitrogen and oxygen atoms in total. The summed E-state index contributed by atoms with van der Waals surface area (Å²) in [5.41, 5.74) is 0.963. The van der Waals surface area contributed by atoms with Crippen LogP contribution >= 0.6 is 32.9 Å². The number of hydrogen-bond acceptors (Lipinski definition) is 7. The molecule has 1 unspecified atom stereocenters. The second-order valence-electron chi connectivity index (χ2n) is 5.37. The minimum Gasteiger partial charge on any atom is -0.467 e. The molecule has 0 aliphatic carbocycles. The Morgan fingerprint density at radius 1 is 1.35 bits per heavy atom. The monoisotopic (exact) mass is 370 g/mol. The second-order valence-corrected chi connectivity index (χ2v) is 9.44. The zero-order valence-corrected chi connectivity index (χ0v) is 15.7. The summed E-state index contributed by atoms with van der Waals surface area (Å²) >= 11 is 1.61. The maximum Gasteiger partial charge on any atom is 0.329 e. The van der Waals surface area contributed by atoms with Gasteiger partial charge in [0.2, 0.25) is 5.91 Å². The van der Waals surface area contributed by atoms with Gasteiger partial charge in [-0.1, -0.05) is 22.9 Å². The van der Waals surface area contributed by atoms with Gasteiger partial charge in [-0.2, -0.15) is 0 Å². The number of carbonyl (C=O) groups is 2. The number of thiazole rings is 1. The number of aromatic nitrogens is 1. The topological polar surface area (TPSA) is 68.3 Å². The molecule has 0 radical (unpaired) electrons. The molecule has 2 aromatic rings. The van der Waals surface area contributed by atoms with Gasteiger partial charge in [-0.15, -0.1) is 11.3 Å². The van der Waals surface area contributed by atoms with E-state index in [1.165, 1.54) is 35.6 Å². The van der Waals surface area contributed by atoms with Crippen LogP contribution in [0.4, 0.5) is 0 Å². The second kappa shape index (κ2) is 7.55. The number of para-hydroxylation sites is 1. The number of rotatable bonds is 6. The molecule has 0 saturated heterocycles. The van der Waals surface area contributed by atoms with E-state index in [-0.39, 0.29) is 5.91 Å². The van der Waals surface area contributed by atoms with Crippen molar-refractivity contribution in [3.8, 4) is 0 Å². The Kier molecular flexibility index (Phi) is 5.94. The van der Waals surface area contributed by atoms with Gasteiger partial charge in [0.25, 0.3) is 0 Å². The molecule has 1 atom stereocenters. The average molecular weight is 371 g/mol. The summed E-state index contributed by atoms with van der Waals surface area (Å²) in [5, 5.41) is 2.67. The summed E-state index contributed by atoms with van der Waals surface area (Å²) in [4.78, 5) is 27.9. The van der Waals surface area contributed by atoms with E-state index >= 15 is 0 Å².